The van der Waals surface area contributed by atoms with Crippen LogP contribution in [0, 0.1) is 26.7 Å². The summed E-state index contributed by atoms with van der Waals surface area (Å²) < 4.78 is 30.2. The molecule has 7 nitrogen and oxygen atoms in total. The summed E-state index contributed by atoms with van der Waals surface area (Å²) in [5.41, 5.74) is 6.78. The Balaban J connectivity index is 1.40. The molecule has 4 aromatic rings. The van der Waals surface area contributed by atoms with Crippen LogP contribution in [0.3, 0.4) is 0 Å². The van der Waals surface area contributed by atoms with E-state index in [-0.39, 0.29) is 10.8 Å². The lowest BCUT2D eigenvalue weighted by Gasteiger charge is -2.21. The average molecular weight is 531 g/mol. The summed E-state index contributed by atoms with van der Waals surface area (Å²) in [6.07, 6.45) is 2.30. The van der Waals surface area contributed by atoms with E-state index in [1.54, 1.807) is 12.1 Å². The highest BCUT2D eigenvalue weighted by Crippen LogP contribution is 2.41. The monoisotopic (exact) mass is 530 g/mol. The van der Waals surface area contributed by atoms with Crippen molar-refractivity contribution in [1.82, 2.24) is 19.3 Å². The summed E-state index contributed by atoms with van der Waals surface area (Å²) in [6.45, 7) is 10.5. The van der Waals surface area contributed by atoms with Crippen LogP contribution in [0.4, 0.5) is 0 Å². The minimum atomic E-state index is -3.96. The first-order valence-corrected chi connectivity index (χ1v) is 14.6. The number of carbonyl (C=O) groups is 1. The number of sulfonamides is 1. The van der Waals surface area contributed by atoms with Crippen molar-refractivity contribution in [2.45, 2.75) is 70.7 Å². The van der Waals surface area contributed by atoms with Gasteiger partial charge < -0.3 is 4.57 Å². The normalized spacial score (nSPS) is 14.7. The van der Waals surface area contributed by atoms with Crippen molar-refractivity contribution >= 4 is 27.1 Å². The molecule has 1 N–H and O–H groups in total. The predicted octanol–water partition coefficient (Wildman–Crippen LogP) is 5.53. The Bertz CT molecular complexity index is 1600. The number of rotatable bonds is 8. The van der Waals surface area contributed by atoms with E-state index < -0.39 is 21.8 Å². The number of nitrogens with one attached hydrogen (secondary N) is 1. The third-order valence-corrected chi connectivity index (χ3v) is 8.55. The van der Waals surface area contributed by atoms with Gasteiger partial charge in [-0.1, -0.05) is 55.8 Å². The van der Waals surface area contributed by atoms with Crippen LogP contribution in [-0.4, -0.2) is 28.9 Å². The van der Waals surface area contributed by atoms with Crippen LogP contribution < -0.4 is 4.72 Å². The molecule has 0 radical (unpaired) electrons. The molecule has 2 heterocycles. The largest absolute Gasteiger partial charge is 0.308 e. The molecule has 1 amide bonds. The maximum Gasteiger partial charge on any atom is 0.264 e. The molecule has 1 aliphatic carbocycles. The second kappa shape index (κ2) is 9.98. The van der Waals surface area contributed by atoms with Crippen LogP contribution in [0.2, 0.25) is 0 Å². The number of imidazole rings is 1. The summed E-state index contributed by atoms with van der Waals surface area (Å²) >= 11 is 0. The van der Waals surface area contributed by atoms with E-state index in [9.17, 15) is 13.2 Å². The highest BCUT2D eigenvalue weighted by molar-refractivity contribution is 7.90. The van der Waals surface area contributed by atoms with E-state index >= 15 is 0 Å². The molecule has 1 aliphatic rings. The van der Waals surface area contributed by atoms with Crippen LogP contribution in [-0.2, 0) is 21.4 Å². The van der Waals surface area contributed by atoms with Gasteiger partial charge in [0.25, 0.3) is 10.0 Å². The molecule has 0 spiro atoms. The SMILES string of the molecule is Cc1ccc(S(=O)(=O)NC(=O)C(c2ccc(Cn3c(C4CC4)nc4c(C)cc(C)nc43)cc2)C(C)C)cc1. The third kappa shape index (κ3) is 5.23. The molecule has 198 valence electrons. The Morgan fingerprint density at radius 2 is 1.66 bits per heavy atom. The van der Waals surface area contributed by atoms with Crippen molar-refractivity contribution in [3.05, 3.63) is 88.4 Å². The number of amides is 1. The molecular weight excluding hydrogens is 496 g/mol. The van der Waals surface area contributed by atoms with Gasteiger partial charge in [-0.3, -0.25) is 4.79 Å². The molecule has 0 bridgehead atoms. The quantitative estimate of drug-likeness (QED) is 0.323. The zero-order valence-electron chi connectivity index (χ0n) is 22.5. The van der Waals surface area contributed by atoms with E-state index in [1.165, 1.54) is 12.1 Å². The molecule has 38 heavy (non-hydrogen) atoms. The number of aromatic nitrogens is 3. The van der Waals surface area contributed by atoms with Gasteiger partial charge in [0.05, 0.1) is 17.4 Å². The van der Waals surface area contributed by atoms with Gasteiger partial charge in [-0.15, -0.1) is 0 Å². The Morgan fingerprint density at radius 3 is 2.26 bits per heavy atom. The summed E-state index contributed by atoms with van der Waals surface area (Å²) in [4.78, 5) is 23.1. The first-order valence-electron chi connectivity index (χ1n) is 13.1. The first kappa shape index (κ1) is 26.1. The molecule has 1 fully saturated rings. The molecule has 1 unspecified atom stereocenters. The Labute approximate surface area is 224 Å². The van der Waals surface area contributed by atoms with Crippen LogP contribution in [0.1, 0.15) is 72.3 Å². The van der Waals surface area contributed by atoms with Gasteiger partial charge >= 0.3 is 0 Å². The molecule has 2 aromatic carbocycles. The number of fused-ring (bicyclic) bond motifs is 1. The zero-order chi connectivity index (χ0) is 27.2. The van der Waals surface area contributed by atoms with Crippen molar-refractivity contribution in [3.8, 4) is 0 Å². The standard InChI is InChI=1S/C30H34N4O3S/c1-18(2)26(30(35)33-38(36,37)25-14-6-19(3)7-15-25)23-10-8-22(9-11-23)17-34-28(24-12-13-24)32-27-20(4)16-21(5)31-29(27)34/h6-11,14-16,18,24,26H,12-13,17H2,1-5H3,(H,33,35). The Hall–Kier alpha value is -3.52. The van der Waals surface area contributed by atoms with Gasteiger partial charge in [0.1, 0.15) is 11.3 Å². The number of benzene rings is 2. The highest BCUT2D eigenvalue weighted by atomic mass is 32.2. The number of nitrogens with zero attached hydrogens (tertiary/aromatic N) is 3. The summed E-state index contributed by atoms with van der Waals surface area (Å²) in [6, 6.07) is 16.4. The van der Waals surface area contributed by atoms with Crippen LogP contribution >= 0.6 is 0 Å². The van der Waals surface area contributed by atoms with Crippen molar-refractivity contribution in [2.24, 2.45) is 5.92 Å². The van der Waals surface area contributed by atoms with E-state index in [4.69, 9.17) is 9.97 Å². The zero-order valence-corrected chi connectivity index (χ0v) is 23.3. The summed E-state index contributed by atoms with van der Waals surface area (Å²) in [7, 11) is -3.96. The Morgan fingerprint density at radius 1 is 1.00 bits per heavy atom. The van der Waals surface area contributed by atoms with E-state index in [0.717, 1.165) is 57.8 Å². The van der Waals surface area contributed by atoms with Gasteiger partial charge in [0.15, 0.2) is 5.65 Å². The lowest BCUT2D eigenvalue weighted by molar-refractivity contribution is -0.121. The smallest absolute Gasteiger partial charge is 0.264 e. The van der Waals surface area contributed by atoms with Crippen LogP contribution in [0.15, 0.2) is 59.5 Å². The first-order chi connectivity index (χ1) is 18.0. The fraction of sp³-hybridized carbons (Fsp3) is 0.367. The van der Waals surface area contributed by atoms with Crippen molar-refractivity contribution in [1.29, 1.82) is 0 Å². The van der Waals surface area contributed by atoms with E-state index in [2.05, 4.69) is 22.3 Å². The average Bonchev–Trinajstić information content (AvgIpc) is 3.63. The fourth-order valence-electron chi connectivity index (χ4n) is 5.05. The van der Waals surface area contributed by atoms with Crippen molar-refractivity contribution in [3.63, 3.8) is 0 Å². The minimum absolute atomic E-state index is 0.0763. The highest BCUT2D eigenvalue weighted by Gasteiger charge is 2.31. The van der Waals surface area contributed by atoms with E-state index in [0.29, 0.717) is 12.5 Å². The number of pyridine rings is 1. The molecule has 5 rings (SSSR count). The molecule has 1 atom stereocenters. The topological polar surface area (TPSA) is 94.0 Å². The molecule has 1 saturated carbocycles. The van der Waals surface area contributed by atoms with Gasteiger partial charge in [-0.2, -0.15) is 0 Å². The van der Waals surface area contributed by atoms with Crippen molar-refractivity contribution < 1.29 is 13.2 Å². The Kier molecular flexibility index (Phi) is 6.86. The number of aryl methyl sites for hydroxylation is 3. The molecule has 2 aromatic heterocycles. The molecule has 0 saturated heterocycles. The number of carbonyl (C=O) groups excluding carboxylic acids is 1. The maximum atomic E-state index is 13.2. The van der Waals surface area contributed by atoms with Gasteiger partial charge in [0.2, 0.25) is 5.91 Å². The lowest BCUT2D eigenvalue weighted by Crippen LogP contribution is -2.36. The van der Waals surface area contributed by atoms with Gasteiger partial charge in [-0.25, -0.2) is 23.1 Å². The number of hydrogen-bond acceptors (Lipinski definition) is 5. The van der Waals surface area contributed by atoms with Crippen molar-refractivity contribution in [2.75, 3.05) is 0 Å². The maximum absolute atomic E-state index is 13.2. The fourth-order valence-corrected chi connectivity index (χ4v) is 6.06. The third-order valence-electron chi connectivity index (χ3n) is 7.19. The number of hydrogen-bond donors (Lipinski definition) is 1. The summed E-state index contributed by atoms with van der Waals surface area (Å²) in [5, 5.41) is 0. The molecule has 8 heteroatoms. The van der Waals surface area contributed by atoms with Crippen LogP contribution in [0.25, 0.3) is 11.2 Å². The summed E-state index contributed by atoms with van der Waals surface area (Å²) in [5.74, 6) is 0.342. The van der Waals surface area contributed by atoms with E-state index in [1.807, 2.05) is 52.0 Å². The predicted molar refractivity (Wildman–Crippen MR) is 149 cm³/mol. The second-order valence-electron chi connectivity index (χ2n) is 10.8. The van der Waals surface area contributed by atoms with Crippen LogP contribution in [0.5, 0.6) is 0 Å². The van der Waals surface area contributed by atoms with Gasteiger partial charge in [-0.05, 0) is 74.4 Å². The molecular formula is C30H34N4O3S. The second-order valence-corrected chi connectivity index (χ2v) is 12.5. The minimum Gasteiger partial charge on any atom is -0.308 e. The lowest BCUT2D eigenvalue weighted by atomic mass is 9.87. The van der Waals surface area contributed by atoms with Gasteiger partial charge in [0, 0.05) is 11.6 Å². The molecule has 0 aliphatic heterocycles.